The third-order valence-corrected chi connectivity index (χ3v) is 7.19. The predicted octanol–water partition coefficient (Wildman–Crippen LogP) is 2.50. The van der Waals surface area contributed by atoms with Crippen molar-refractivity contribution in [1.82, 2.24) is 4.90 Å². The minimum absolute atomic E-state index is 0.0133. The van der Waals surface area contributed by atoms with Crippen molar-refractivity contribution in [3.8, 4) is 0 Å². The number of amides is 1. The first-order valence-corrected chi connectivity index (χ1v) is 11.0. The first-order valence-electron chi connectivity index (χ1n) is 9.13. The molecule has 0 radical (unpaired) electrons. The molecule has 6 nitrogen and oxygen atoms in total. The summed E-state index contributed by atoms with van der Waals surface area (Å²) < 4.78 is 30.2. The Hall–Kier alpha value is -1.60. The number of piperidine rings is 1. The number of carbonyl (C=O) groups is 1. The zero-order chi connectivity index (χ0) is 18.9. The number of nitrogens with zero attached hydrogens (tertiary/aromatic N) is 2. The lowest BCUT2D eigenvalue weighted by atomic mass is 9.76. The molecule has 1 amide bonds. The largest absolute Gasteiger partial charge is 0.381 e. The molecule has 0 N–H and O–H groups in total. The van der Waals surface area contributed by atoms with E-state index in [0.29, 0.717) is 11.3 Å². The standard InChI is InChI=1S/C19H28N2O4S/c1-20(26(3,23)24)16-9-7-15(8-10-16)18(22)21-13-5-12-19(14-21)11-4-6-17(19)25-2/h7-10,17H,4-6,11-14H2,1-3H3/t17-,19-/m1/s1. The van der Waals surface area contributed by atoms with Gasteiger partial charge in [0.25, 0.3) is 5.91 Å². The molecule has 144 valence electrons. The number of carbonyl (C=O) groups excluding carboxylic acids is 1. The third kappa shape index (κ3) is 3.60. The lowest BCUT2D eigenvalue weighted by molar-refractivity contribution is -0.0295. The van der Waals surface area contributed by atoms with E-state index >= 15 is 0 Å². The molecule has 1 heterocycles. The van der Waals surface area contributed by atoms with E-state index < -0.39 is 10.0 Å². The van der Waals surface area contributed by atoms with Gasteiger partial charge in [0, 0.05) is 38.2 Å². The zero-order valence-electron chi connectivity index (χ0n) is 15.8. The lowest BCUT2D eigenvalue weighted by Crippen LogP contribution is -2.49. The van der Waals surface area contributed by atoms with Crippen molar-refractivity contribution in [2.45, 2.75) is 38.2 Å². The van der Waals surface area contributed by atoms with Gasteiger partial charge < -0.3 is 9.64 Å². The van der Waals surface area contributed by atoms with Gasteiger partial charge in [-0.15, -0.1) is 0 Å². The molecule has 7 heteroatoms. The van der Waals surface area contributed by atoms with Gasteiger partial charge in [-0.2, -0.15) is 0 Å². The van der Waals surface area contributed by atoms with Crippen LogP contribution in [-0.4, -0.2) is 58.8 Å². The van der Waals surface area contributed by atoms with Gasteiger partial charge in [-0.05, 0) is 49.9 Å². The molecular formula is C19H28N2O4S. The highest BCUT2D eigenvalue weighted by Gasteiger charge is 2.46. The van der Waals surface area contributed by atoms with E-state index in [0.717, 1.165) is 51.4 Å². The summed E-state index contributed by atoms with van der Waals surface area (Å²) in [4.78, 5) is 14.9. The fourth-order valence-corrected chi connectivity index (χ4v) is 4.97. The van der Waals surface area contributed by atoms with Crippen LogP contribution < -0.4 is 4.31 Å². The van der Waals surface area contributed by atoms with Crippen LogP contribution in [0.4, 0.5) is 5.69 Å². The molecule has 26 heavy (non-hydrogen) atoms. The van der Waals surface area contributed by atoms with Crippen molar-refractivity contribution in [3.63, 3.8) is 0 Å². The van der Waals surface area contributed by atoms with Gasteiger partial charge >= 0.3 is 0 Å². The quantitative estimate of drug-likeness (QED) is 0.805. The summed E-state index contributed by atoms with van der Waals surface area (Å²) in [6, 6.07) is 6.79. The number of benzene rings is 1. The smallest absolute Gasteiger partial charge is 0.253 e. The average molecular weight is 381 g/mol. The Bertz CT molecular complexity index is 762. The van der Waals surface area contributed by atoms with Crippen LogP contribution in [-0.2, 0) is 14.8 Å². The Labute approximate surface area is 156 Å². The van der Waals surface area contributed by atoms with Crippen LogP contribution in [0.5, 0.6) is 0 Å². The molecule has 1 saturated heterocycles. The number of likely N-dealkylation sites (tertiary alicyclic amines) is 1. The van der Waals surface area contributed by atoms with Crippen molar-refractivity contribution in [2.24, 2.45) is 5.41 Å². The molecule has 1 saturated carbocycles. The average Bonchev–Trinajstić information content (AvgIpc) is 3.01. The van der Waals surface area contributed by atoms with Crippen molar-refractivity contribution in [3.05, 3.63) is 29.8 Å². The second-order valence-corrected chi connectivity index (χ2v) is 9.60. The number of hydrogen-bond acceptors (Lipinski definition) is 4. The minimum Gasteiger partial charge on any atom is -0.381 e. The molecular weight excluding hydrogens is 352 g/mol. The summed E-state index contributed by atoms with van der Waals surface area (Å²) >= 11 is 0. The lowest BCUT2D eigenvalue weighted by Gasteiger charge is -2.43. The van der Waals surface area contributed by atoms with E-state index in [1.807, 2.05) is 4.90 Å². The van der Waals surface area contributed by atoms with Crippen LogP contribution in [0.25, 0.3) is 0 Å². The highest BCUT2D eigenvalue weighted by atomic mass is 32.2. The van der Waals surface area contributed by atoms with Crippen LogP contribution in [0.15, 0.2) is 24.3 Å². The highest BCUT2D eigenvalue weighted by Crippen LogP contribution is 2.46. The molecule has 1 aromatic rings. The monoisotopic (exact) mass is 380 g/mol. The van der Waals surface area contributed by atoms with E-state index in [1.54, 1.807) is 31.4 Å². The van der Waals surface area contributed by atoms with Gasteiger partial charge in [0.1, 0.15) is 0 Å². The third-order valence-electron chi connectivity index (χ3n) is 5.98. The molecule has 1 aliphatic heterocycles. The molecule has 1 aliphatic carbocycles. The Balaban J connectivity index is 1.75. The van der Waals surface area contributed by atoms with E-state index in [2.05, 4.69) is 0 Å². The second kappa shape index (κ2) is 7.19. The highest BCUT2D eigenvalue weighted by molar-refractivity contribution is 7.92. The first kappa shape index (κ1) is 19.2. The van der Waals surface area contributed by atoms with Gasteiger partial charge in [-0.25, -0.2) is 8.42 Å². The molecule has 0 unspecified atom stereocenters. The van der Waals surface area contributed by atoms with Crippen molar-refractivity contribution < 1.29 is 17.9 Å². The van der Waals surface area contributed by atoms with E-state index in [9.17, 15) is 13.2 Å². The Morgan fingerprint density at radius 2 is 1.88 bits per heavy atom. The van der Waals surface area contributed by atoms with Crippen LogP contribution in [0.1, 0.15) is 42.5 Å². The Morgan fingerprint density at radius 3 is 2.50 bits per heavy atom. The van der Waals surface area contributed by atoms with Crippen molar-refractivity contribution >= 4 is 21.6 Å². The number of anilines is 1. The molecule has 2 atom stereocenters. The normalized spacial score (nSPS) is 26.3. The van der Waals surface area contributed by atoms with Gasteiger partial charge in [-0.1, -0.05) is 6.42 Å². The van der Waals surface area contributed by atoms with Gasteiger partial charge in [0.2, 0.25) is 10.0 Å². The van der Waals surface area contributed by atoms with E-state index in [1.165, 1.54) is 11.4 Å². The Morgan fingerprint density at radius 1 is 1.23 bits per heavy atom. The van der Waals surface area contributed by atoms with Crippen LogP contribution in [0.3, 0.4) is 0 Å². The second-order valence-electron chi connectivity index (χ2n) is 7.59. The van der Waals surface area contributed by atoms with Crippen LogP contribution in [0, 0.1) is 5.41 Å². The first-order chi connectivity index (χ1) is 12.3. The maximum absolute atomic E-state index is 13.0. The summed E-state index contributed by atoms with van der Waals surface area (Å²) in [6.45, 7) is 1.51. The predicted molar refractivity (Wildman–Crippen MR) is 102 cm³/mol. The number of rotatable bonds is 4. The van der Waals surface area contributed by atoms with E-state index in [4.69, 9.17) is 4.74 Å². The molecule has 1 spiro atoms. The molecule has 3 rings (SSSR count). The SMILES string of the molecule is CO[C@@H]1CCC[C@]12CCCN(C(=O)c1ccc(N(C)S(C)(=O)=O)cc1)C2. The molecule has 0 aromatic heterocycles. The molecule has 1 aromatic carbocycles. The maximum Gasteiger partial charge on any atom is 0.253 e. The summed E-state index contributed by atoms with van der Waals surface area (Å²) in [5.41, 5.74) is 1.24. The molecule has 2 aliphatic rings. The Kier molecular flexibility index (Phi) is 5.30. The minimum atomic E-state index is -3.31. The topological polar surface area (TPSA) is 66.9 Å². The summed E-state index contributed by atoms with van der Waals surface area (Å²) in [5, 5.41) is 0. The van der Waals surface area contributed by atoms with Crippen LogP contribution >= 0.6 is 0 Å². The summed E-state index contributed by atoms with van der Waals surface area (Å²) in [7, 11) is -0.0309. The zero-order valence-corrected chi connectivity index (χ0v) is 16.6. The summed E-state index contributed by atoms with van der Waals surface area (Å²) in [5.74, 6) is 0.0133. The number of ether oxygens (including phenoxy) is 1. The van der Waals surface area contributed by atoms with Crippen molar-refractivity contribution in [1.29, 1.82) is 0 Å². The summed E-state index contributed by atoms with van der Waals surface area (Å²) in [6.07, 6.45) is 6.87. The van der Waals surface area contributed by atoms with Gasteiger partial charge in [0.05, 0.1) is 18.0 Å². The number of sulfonamides is 1. The fraction of sp³-hybridized carbons (Fsp3) is 0.632. The van der Waals surface area contributed by atoms with Crippen LogP contribution in [0.2, 0.25) is 0 Å². The van der Waals surface area contributed by atoms with Gasteiger partial charge in [-0.3, -0.25) is 9.10 Å². The van der Waals surface area contributed by atoms with Crippen molar-refractivity contribution in [2.75, 3.05) is 37.8 Å². The fourth-order valence-electron chi connectivity index (χ4n) is 4.46. The number of hydrogen-bond donors (Lipinski definition) is 0. The van der Waals surface area contributed by atoms with Gasteiger partial charge in [0.15, 0.2) is 0 Å². The number of methoxy groups -OCH3 is 1. The molecule has 0 bridgehead atoms. The van der Waals surface area contributed by atoms with E-state index in [-0.39, 0.29) is 17.4 Å². The molecule has 2 fully saturated rings. The maximum atomic E-state index is 13.0.